The van der Waals surface area contributed by atoms with Gasteiger partial charge in [-0.1, -0.05) is 26.5 Å². The fourth-order valence-corrected chi connectivity index (χ4v) is 0.173. The maximum absolute atomic E-state index is 5.14. The van der Waals surface area contributed by atoms with Crippen molar-refractivity contribution >= 4 is 6.72 Å². The second kappa shape index (κ2) is 10.0. The zero-order valence-corrected chi connectivity index (χ0v) is 6.09. The molecule has 2 heteroatoms. The van der Waals surface area contributed by atoms with Crippen LogP contribution in [0.3, 0.4) is 0 Å². The SMILES string of the molecule is C=C/C=C(/N)N=C.CC. The third kappa shape index (κ3) is 10.9. The smallest absolute Gasteiger partial charge is 0.122 e. The molecule has 0 unspecified atom stereocenters. The summed E-state index contributed by atoms with van der Waals surface area (Å²) in [6, 6.07) is 0. The lowest BCUT2D eigenvalue weighted by atomic mass is 10.5. The molecule has 0 bridgehead atoms. The Bertz CT molecular complexity index is 103. The van der Waals surface area contributed by atoms with E-state index in [9.17, 15) is 0 Å². The first kappa shape index (κ1) is 10.8. The van der Waals surface area contributed by atoms with Gasteiger partial charge in [0.25, 0.3) is 0 Å². The first-order valence-electron chi connectivity index (χ1n) is 2.86. The summed E-state index contributed by atoms with van der Waals surface area (Å²) in [4.78, 5) is 3.40. The summed E-state index contributed by atoms with van der Waals surface area (Å²) in [5.41, 5.74) is 5.14. The molecule has 0 aromatic rings. The van der Waals surface area contributed by atoms with Gasteiger partial charge in [-0.05, 0) is 12.8 Å². The Balaban J connectivity index is 0. The average Bonchev–Trinajstić information content (AvgIpc) is 1.93. The van der Waals surface area contributed by atoms with Crippen LogP contribution in [-0.4, -0.2) is 6.72 Å². The Labute approximate surface area is 56.8 Å². The lowest BCUT2D eigenvalue weighted by Crippen LogP contribution is -1.89. The van der Waals surface area contributed by atoms with Gasteiger partial charge in [0.05, 0.1) is 0 Å². The molecule has 0 amide bonds. The summed E-state index contributed by atoms with van der Waals surface area (Å²) in [7, 11) is 0. The summed E-state index contributed by atoms with van der Waals surface area (Å²) < 4.78 is 0. The topological polar surface area (TPSA) is 38.4 Å². The molecule has 52 valence electrons. The number of allylic oxidation sites excluding steroid dienone is 2. The minimum absolute atomic E-state index is 0.398. The van der Waals surface area contributed by atoms with Crippen LogP contribution in [0.2, 0.25) is 0 Å². The highest BCUT2D eigenvalue weighted by Gasteiger charge is 1.70. The second-order valence-electron chi connectivity index (χ2n) is 0.985. The minimum atomic E-state index is 0.398. The maximum atomic E-state index is 5.14. The Morgan fingerprint density at radius 1 is 1.56 bits per heavy atom. The molecule has 0 spiro atoms. The van der Waals surface area contributed by atoms with E-state index < -0.39 is 0 Å². The molecule has 0 aromatic heterocycles. The Kier molecular flexibility index (Phi) is 12.1. The number of rotatable bonds is 2. The predicted octanol–water partition coefficient (Wildman–Crippen LogP) is 1.70. The van der Waals surface area contributed by atoms with Crippen molar-refractivity contribution in [3.8, 4) is 0 Å². The van der Waals surface area contributed by atoms with E-state index in [-0.39, 0.29) is 0 Å². The van der Waals surface area contributed by atoms with Crippen molar-refractivity contribution in [3.63, 3.8) is 0 Å². The van der Waals surface area contributed by atoms with Crippen LogP contribution in [0, 0.1) is 0 Å². The fourth-order valence-electron chi connectivity index (χ4n) is 0.173. The zero-order chi connectivity index (χ0) is 7.70. The van der Waals surface area contributed by atoms with Crippen LogP contribution in [0.25, 0.3) is 0 Å². The van der Waals surface area contributed by atoms with E-state index in [4.69, 9.17) is 5.73 Å². The molecule has 0 saturated carbocycles. The highest BCUT2D eigenvalue weighted by molar-refractivity contribution is 5.28. The molecule has 0 aliphatic heterocycles. The highest BCUT2D eigenvalue weighted by atomic mass is 14.9. The van der Waals surface area contributed by atoms with E-state index in [0.717, 1.165) is 0 Å². The Morgan fingerprint density at radius 2 is 2.00 bits per heavy atom. The molecule has 2 N–H and O–H groups in total. The minimum Gasteiger partial charge on any atom is -0.384 e. The van der Waals surface area contributed by atoms with Crippen molar-refractivity contribution in [2.24, 2.45) is 10.7 Å². The Morgan fingerprint density at radius 3 is 2.11 bits per heavy atom. The average molecular weight is 126 g/mol. The molecule has 0 aliphatic rings. The summed E-state index contributed by atoms with van der Waals surface area (Å²) in [6.07, 6.45) is 3.14. The van der Waals surface area contributed by atoms with Gasteiger partial charge in [-0.25, -0.2) is 4.99 Å². The summed E-state index contributed by atoms with van der Waals surface area (Å²) in [5, 5.41) is 0. The number of nitrogens with zero attached hydrogens (tertiary/aromatic N) is 1. The molecule has 0 radical (unpaired) electrons. The molecular weight excluding hydrogens is 112 g/mol. The van der Waals surface area contributed by atoms with E-state index in [2.05, 4.69) is 18.3 Å². The monoisotopic (exact) mass is 126 g/mol. The van der Waals surface area contributed by atoms with Crippen molar-refractivity contribution in [2.45, 2.75) is 13.8 Å². The van der Waals surface area contributed by atoms with E-state index >= 15 is 0 Å². The molecular formula is C7H14N2. The molecule has 9 heavy (non-hydrogen) atoms. The van der Waals surface area contributed by atoms with E-state index in [1.807, 2.05) is 13.8 Å². The van der Waals surface area contributed by atoms with Gasteiger partial charge >= 0.3 is 0 Å². The second-order valence-corrected chi connectivity index (χ2v) is 0.985. The number of aliphatic imine (C=N–C) groups is 1. The normalized spacial score (nSPS) is 8.89. The van der Waals surface area contributed by atoms with Crippen molar-refractivity contribution in [3.05, 3.63) is 24.6 Å². The van der Waals surface area contributed by atoms with Crippen LogP contribution in [0.15, 0.2) is 29.5 Å². The Hall–Kier alpha value is -1.05. The van der Waals surface area contributed by atoms with Gasteiger partial charge in [0, 0.05) is 0 Å². The van der Waals surface area contributed by atoms with E-state index in [1.54, 1.807) is 12.2 Å². The quantitative estimate of drug-likeness (QED) is 0.444. The van der Waals surface area contributed by atoms with Crippen LogP contribution in [0.1, 0.15) is 13.8 Å². The van der Waals surface area contributed by atoms with Gasteiger partial charge in [-0.3, -0.25) is 0 Å². The third-order valence-corrected chi connectivity index (χ3v) is 0.471. The summed E-state index contributed by atoms with van der Waals surface area (Å²) in [6.45, 7) is 10.6. The maximum Gasteiger partial charge on any atom is 0.122 e. The van der Waals surface area contributed by atoms with Crippen LogP contribution < -0.4 is 5.73 Å². The molecule has 0 saturated heterocycles. The summed E-state index contributed by atoms with van der Waals surface area (Å²) >= 11 is 0. The number of nitrogens with two attached hydrogens (primary N) is 1. The lowest BCUT2D eigenvalue weighted by molar-refractivity contribution is 1.26. The van der Waals surface area contributed by atoms with Gasteiger partial charge in [0.15, 0.2) is 0 Å². The van der Waals surface area contributed by atoms with Gasteiger partial charge in [-0.2, -0.15) is 0 Å². The zero-order valence-electron chi connectivity index (χ0n) is 6.09. The van der Waals surface area contributed by atoms with Gasteiger partial charge in [0.2, 0.25) is 0 Å². The predicted molar refractivity (Wildman–Crippen MR) is 43.4 cm³/mol. The first-order chi connectivity index (χ1) is 4.31. The molecule has 0 fully saturated rings. The van der Waals surface area contributed by atoms with Crippen LogP contribution >= 0.6 is 0 Å². The third-order valence-electron chi connectivity index (χ3n) is 0.471. The van der Waals surface area contributed by atoms with Crippen molar-refractivity contribution < 1.29 is 0 Å². The van der Waals surface area contributed by atoms with Crippen LogP contribution in [0.4, 0.5) is 0 Å². The molecule has 0 heterocycles. The molecule has 0 aliphatic carbocycles. The van der Waals surface area contributed by atoms with Crippen molar-refractivity contribution in [2.75, 3.05) is 0 Å². The van der Waals surface area contributed by atoms with E-state index in [1.165, 1.54) is 0 Å². The van der Waals surface area contributed by atoms with Crippen molar-refractivity contribution in [1.82, 2.24) is 0 Å². The van der Waals surface area contributed by atoms with Gasteiger partial charge in [-0.15, -0.1) is 0 Å². The van der Waals surface area contributed by atoms with Gasteiger partial charge in [0.1, 0.15) is 5.82 Å². The van der Waals surface area contributed by atoms with Crippen LogP contribution in [-0.2, 0) is 0 Å². The highest BCUT2D eigenvalue weighted by Crippen LogP contribution is 1.80. The molecule has 0 atom stereocenters. The molecule has 0 rings (SSSR count). The fraction of sp³-hybridized carbons (Fsp3) is 0.286. The van der Waals surface area contributed by atoms with E-state index in [0.29, 0.717) is 5.82 Å². The lowest BCUT2D eigenvalue weighted by Gasteiger charge is -1.81. The van der Waals surface area contributed by atoms with Crippen molar-refractivity contribution in [1.29, 1.82) is 0 Å². The molecule has 0 aromatic carbocycles. The number of hydrogen-bond donors (Lipinski definition) is 1. The van der Waals surface area contributed by atoms with Gasteiger partial charge < -0.3 is 5.73 Å². The largest absolute Gasteiger partial charge is 0.384 e. The standard InChI is InChI=1S/C5H8N2.C2H6/c1-3-4-5(6)7-2;1-2/h3-4H,1-2,6H2;1-2H3/b5-4-;. The van der Waals surface area contributed by atoms with Crippen LogP contribution in [0.5, 0.6) is 0 Å². The first-order valence-corrected chi connectivity index (χ1v) is 2.86. The molecule has 2 nitrogen and oxygen atoms in total. The summed E-state index contributed by atoms with van der Waals surface area (Å²) in [5.74, 6) is 0.398. The number of hydrogen-bond acceptors (Lipinski definition) is 2.